The van der Waals surface area contributed by atoms with Crippen molar-refractivity contribution in [3.05, 3.63) is 77.7 Å². The van der Waals surface area contributed by atoms with Crippen LogP contribution in [0.25, 0.3) is 0 Å². The molecule has 0 saturated heterocycles. The molecule has 8 heteroatoms. The van der Waals surface area contributed by atoms with Crippen LogP contribution >= 0.6 is 0 Å². The summed E-state index contributed by atoms with van der Waals surface area (Å²) in [7, 11) is 0. The fraction of sp³-hybridized carbons (Fsp3) is 0.0500. The molecule has 1 aromatic heterocycles. The predicted octanol–water partition coefficient (Wildman–Crippen LogP) is 2.99. The lowest BCUT2D eigenvalue weighted by atomic mass is 10.2. The number of carbonyl (C=O) groups excluding carboxylic acids is 2. The van der Waals surface area contributed by atoms with Crippen LogP contribution in [0, 0.1) is 0 Å². The van der Waals surface area contributed by atoms with Crippen molar-refractivity contribution in [3.63, 3.8) is 0 Å². The van der Waals surface area contributed by atoms with Crippen molar-refractivity contribution in [2.24, 2.45) is 5.10 Å². The van der Waals surface area contributed by atoms with E-state index in [0.29, 0.717) is 28.4 Å². The summed E-state index contributed by atoms with van der Waals surface area (Å²) in [6.45, 7) is 0.138. The summed E-state index contributed by atoms with van der Waals surface area (Å²) < 4.78 is 20.7. The van der Waals surface area contributed by atoms with E-state index in [-0.39, 0.29) is 12.6 Å². The summed E-state index contributed by atoms with van der Waals surface area (Å²) in [6, 6.07) is 14.7. The molecule has 1 aliphatic rings. The second-order valence-corrected chi connectivity index (χ2v) is 5.71. The number of benzene rings is 2. The molecule has 2 heterocycles. The van der Waals surface area contributed by atoms with E-state index < -0.39 is 11.9 Å². The minimum Gasteiger partial charge on any atom is -0.457 e. The number of hydrogen-bond acceptors (Lipinski definition) is 7. The molecule has 1 N–H and O–H groups in total. The Kier molecular flexibility index (Phi) is 4.75. The number of nitrogens with zero attached hydrogens (tertiary/aromatic N) is 1. The fourth-order valence-corrected chi connectivity index (χ4v) is 2.48. The normalized spacial score (nSPS) is 12.1. The number of rotatable bonds is 5. The third-order valence-electron chi connectivity index (χ3n) is 3.81. The second kappa shape index (κ2) is 7.67. The number of esters is 1. The van der Waals surface area contributed by atoms with Crippen molar-refractivity contribution in [3.8, 4) is 17.2 Å². The standard InChI is InChI=1S/C20H14N2O6/c23-19(14-6-7-16-18(10-14)27-12-26-16)22-21-11-13-3-1-4-15(9-13)28-20(24)17-5-2-8-25-17/h1-11H,12H2,(H,22,23). The van der Waals surface area contributed by atoms with Gasteiger partial charge in [0.15, 0.2) is 11.5 Å². The monoisotopic (exact) mass is 378 g/mol. The van der Waals surface area contributed by atoms with Gasteiger partial charge in [0.05, 0.1) is 12.5 Å². The molecule has 2 aromatic carbocycles. The van der Waals surface area contributed by atoms with Gasteiger partial charge in [-0.25, -0.2) is 10.2 Å². The molecule has 3 aromatic rings. The molecule has 0 bridgehead atoms. The van der Waals surface area contributed by atoms with Crippen LogP contribution in [0.2, 0.25) is 0 Å². The zero-order valence-electron chi connectivity index (χ0n) is 14.5. The van der Waals surface area contributed by atoms with E-state index in [1.807, 2.05) is 0 Å². The molecule has 1 amide bonds. The number of ether oxygens (including phenoxy) is 3. The van der Waals surface area contributed by atoms with E-state index in [0.717, 1.165) is 0 Å². The van der Waals surface area contributed by atoms with Crippen molar-refractivity contribution < 1.29 is 28.2 Å². The highest BCUT2D eigenvalue weighted by Gasteiger charge is 2.16. The van der Waals surface area contributed by atoms with E-state index in [1.54, 1.807) is 48.5 Å². The largest absolute Gasteiger partial charge is 0.457 e. The van der Waals surface area contributed by atoms with Gasteiger partial charge in [0.25, 0.3) is 5.91 Å². The molecule has 4 rings (SSSR count). The summed E-state index contributed by atoms with van der Waals surface area (Å²) >= 11 is 0. The van der Waals surface area contributed by atoms with Gasteiger partial charge in [0, 0.05) is 5.56 Å². The first-order valence-corrected chi connectivity index (χ1v) is 8.28. The molecular weight excluding hydrogens is 364 g/mol. The van der Waals surface area contributed by atoms with E-state index in [4.69, 9.17) is 18.6 Å². The summed E-state index contributed by atoms with van der Waals surface area (Å²) in [5.74, 6) is 0.552. The van der Waals surface area contributed by atoms with Gasteiger partial charge < -0.3 is 18.6 Å². The number of carbonyl (C=O) groups is 2. The maximum atomic E-state index is 12.2. The molecule has 0 unspecified atom stereocenters. The number of amides is 1. The predicted molar refractivity (Wildman–Crippen MR) is 97.7 cm³/mol. The Morgan fingerprint density at radius 3 is 2.79 bits per heavy atom. The number of hydrazone groups is 1. The van der Waals surface area contributed by atoms with E-state index >= 15 is 0 Å². The van der Waals surface area contributed by atoms with Crippen molar-refractivity contribution in [1.82, 2.24) is 5.43 Å². The summed E-state index contributed by atoms with van der Waals surface area (Å²) in [5, 5.41) is 3.93. The van der Waals surface area contributed by atoms with Crippen molar-refractivity contribution in [1.29, 1.82) is 0 Å². The Hall–Kier alpha value is -4.07. The Labute approximate surface area is 159 Å². The number of nitrogens with one attached hydrogen (secondary N) is 1. The Morgan fingerprint density at radius 1 is 1.04 bits per heavy atom. The minimum absolute atomic E-state index is 0.107. The van der Waals surface area contributed by atoms with E-state index in [9.17, 15) is 9.59 Å². The lowest BCUT2D eigenvalue weighted by molar-refractivity contribution is 0.0701. The number of furan rings is 1. The lowest BCUT2D eigenvalue weighted by Gasteiger charge is -2.03. The average molecular weight is 378 g/mol. The van der Waals surface area contributed by atoms with Crippen LogP contribution in [0.3, 0.4) is 0 Å². The van der Waals surface area contributed by atoms with Crippen LogP contribution in [0.4, 0.5) is 0 Å². The Bertz CT molecular complexity index is 1040. The molecular formula is C20H14N2O6. The van der Waals surface area contributed by atoms with E-state index in [1.165, 1.54) is 18.5 Å². The maximum Gasteiger partial charge on any atom is 0.379 e. The molecule has 28 heavy (non-hydrogen) atoms. The first kappa shape index (κ1) is 17.3. The zero-order valence-corrected chi connectivity index (χ0v) is 14.5. The Morgan fingerprint density at radius 2 is 1.93 bits per heavy atom. The van der Waals surface area contributed by atoms with Gasteiger partial charge in [0.1, 0.15) is 5.75 Å². The van der Waals surface area contributed by atoms with Crippen molar-refractivity contribution in [2.75, 3.05) is 6.79 Å². The van der Waals surface area contributed by atoms with Gasteiger partial charge in [-0.1, -0.05) is 12.1 Å². The molecule has 0 spiro atoms. The summed E-state index contributed by atoms with van der Waals surface area (Å²) in [5.41, 5.74) is 3.46. The smallest absolute Gasteiger partial charge is 0.379 e. The summed E-state index contributed by atoms with van der Waals surface area (Å²) in [4.78, 5) is 24.1. The number of fused-ring (bicyclic) bond motifs is 1. The molecule has 0 saturated carbocycles. The van der Waals surface area contributed by atoms with Crippen LogP contribution in [-0.4, -0.2) is 24.9 Å². The quantitative estimate of drug-likeness (QED) is 0.317. The molecule has 0 radical (unpaired) electrons. The van der Waals surface area contributed by atoms with Crippen molar-refractivity contribution >= 4 is 18.1 Å². The second-order valence-electron chi connectivity index (χ2n) is 5.71. The lowest BCUT2D eigenvalue weighted by Crippen LogP contribution is -2.17. The number of hydrogen-bond donors (Lipinski definition) is 1. The van der Waals surface area contributed by atoms with Crippen LogP contribution in [-0.2, 0) is 0 Å². The molecule has 0 fully saturated rings. The molecule has 140 valence electrons. The third-order valence-corrected chi connectivity index (χ3v) is 3.81. The van der Waals surface area contributed by atoms with Crippen LogP contribution in [0.5, 0.6) is 17.2 Å². The zero-order chi connectivity index (χ0) is 19.3. The molecule has 0 aliphatic carbocycles. The van der Waals surface area contributed by atoms with Gasteiger partial charge in [-0.3, -0.25) is 4.79 Å². The van der Waals surface area contributed by atoms with Crippen LogP contribution in [0.15, 0.2) is 70.4 Å². The first-order chi connectivity index (χ1) is 13.7. The van der Waals surface area contributed by atoms with Gasteiger partial charge in [-0.15, -0.1) is 0 Å². The highest BCUT2D eigenvalue weighted by molar-refractivity contribution is 5.95. The average Bonchev–Trinajstić information content (AvgIpc) is 3.39. The highest BCUT2D eigenvalue weighted by atomic mass is 16.7. The van der Waals surface area contributed by atoms with Crippen LogP contribution < -0.4 is 19.6 Å². The van der Waals surface area contributed by atoms with Crippen molar-refractivity contribution in [2.45, 2.75) is 0 Å². The van der Waals surface area contributed by atoms with Gasteiger partial charge in [-0.2, -0.15) is 5.10 Å². The van der Waals surface area contributed by atoms with Crippen LogP contribution in [0.1, 0.15) is 26.5 Å². The van der Waals surface area contributed by atoms with Gasteiger partial charge in [0.2, 0.25) is 12.6 Å². The topological polar surface area (TPSA) is 99.4 Å². The fourth-order valence-electron chi connectivity index (χ4n) is 2.48. The Balaban J connectivity index is 1.38. The maximum absolute atomic E-state index is 12.2. The molecule has 0 atom stereocenters. The minimum atomic E-state index is -0.602. The van der Waals surface area contributed by atoms with Gasteiger partial charge >= 0.3 is 5.97 Å². The SMILES string of the molecule is O=C(NN=Cc1cccc(OC(=O)c2ccco2)c1)c1ccc2c(c1)OCO2. The highest BCUT2D eigenvalue weighted by Crippen LogP contribution is 2.32. The summed E-state index contributed by atoms with van der Waals surface area (Å²) in [6.07, 6.45) is 2.83. The van der Waals surface area contributed by atoms with E-state index in [2.05, 4.69) is 10.5 Å². The first-order valence-electron chi connectivity index (χ1n) is 8.28. The molecule has 1 aliphatic heterocycles. The molecule has 8 nitrogen and oxygen atoms in total. The van der Waals surface area contributed by atoms with Gasteiger partial charge in [-0.05, 0) is 48.0 Å². The third kappa shape index (κ3) is 3.85.